The van der Waals surface area contributed by atoms with Gasteiger partial charge in [0.15, 0.2) is 11.5 Å². The smallest absolute Gasteiger partial charge is 0.169 e. The lowest BCUT2D eigenvalue weighted by Crippen LogP contribution is -1.92. The number of rotatable bonds is 9. The number of hydrogen-bond donors (Lipinski definition) is 0. The van der Waals surface area contributed by atoms with E-state index in [0.717, 1.165) is 22.3 Å². The maximum atomic E-state index is 5.74. The third kappa shape index (κ3) is 5.00. The molecule has 0 N–H and O–H groups in total. The Morgan fingerprint density at radius 2 is 0.893 bits per heavy atom. The number of benzene rings is 2. The molecular formula is C24H22O4. The molecule has 0 atom stereocenters. The lowest BCUT2D eigenvalue weighted by molar-refractivity contribution is 0.106. The SMILES string of the molecule is c1ccc(COCc2coc(-c3cc(COCc4ccccc4)co3)c2)cc1. The molecule has 4 nitrogen and oxygen atoms in total. The van der Waals surface area contributed by atoms with Crippen LogP contribution in [0, 0.1) is 0 Å². The molecule has 4 aromatic rings. The summed E-state index contributed by atoms with van der Waals surface area (Å²) in [6, 6.07) is 24.1. The molecule has 0 aliphatic rings. The zero-order valence-electron chi connectivity index (χ0n) is 15.5. The van der Waals surface area contributed by atoms with Crippen molar-refractivity contribution >= 4 is 0 Å². The Kier molecular flexibility index (Phi) is 6.02. The van der Waals surface area contributed by atoms with E-state index in [0.29, 0.717) is 37.9 Å². The normalized spacial score (nSPS) is 11.0. The summed E-state index contributed by atoms with van der Waals surface area (Å²) in [5.74, 6) is 1.38. The topological polar surface area (TPSA) is 44.7 Å². The van der Waals surface area contributed by atoms with Crippen molar-refractivity contribution in [2.75, 3.05) is 0 Å². The lowest BCUT2D eigenvalue weighted by atomic mass is 10.2. The molecule has 0 spiro atoms. The molecule has 4 rings (SSSR count). The Hall–Kier alpha value is -3.08. The number of hydrogen-bond acceptors (Lipinski definition) is 4. The van der Waals surface area contributed by atoms with Gasteiger partial charge >= 0.3 is 0 Å². The van der Waals surface area contributed by atoms with Gasteiger partial charge in [-0.1, -0.05) is 60.7 Å². The zero-order valence-corrected chi connectivity index (χ0v) is 15.5. The van der Waals surface area contributed by atoms with E-state index in [1.807, 2.05) is 72.8 Å². The van der Waals surface area contributed by atoms with Crippen molar-refractivity contribution in [2.24, 2.45) is 0 Å². The van der Waals surface area contributed by atoms with Gasteiger partial charge in [-0.25, -0.2) is 0 Å². The monoisotopic (exact) mass is 374 g/mol. The van der Waals surface area contributed by atoms with Crippen molar-refractivity contribution in [3.8, 4) is 11.5 Å². The first kappa shape index (κ1) is 18.3. The van der Waals surface area contributed by atoms with Crippen molar-refractivity contribution < 1.29 is 18.3 Å². The first-order valence-corrected chi connectivity index (χ1v) is 9.25. The number of ether oxygens (including phenoxy) is 2. The van der Waals surface area contributed by atoms with E-state index in [9.17, 15) is 0 Å². The minimum atomic E-state index is 0.492. The zero-order chi connectivity index (χ0) is 19.0. The van der Waals surface area contributed by atoms with Gasteiger partial charge < -0.3 is 18.3 Å². The molecule has 0 radical (unpaired) electrons. The predicted molar refractivity (Wildman–Crippen MR) is 106 cm³/mol. The fraction of sp³-hybridized carbons (Fsp3) is 0.167. The summed E-state index contributed by atoms with van der Waals surface area (Å²) in [4.78, 5) is 0. The Labute approximate surface area is 164 Å². The number of furan rings is 2. The lowest BCUT2D eigenvalue weighted by Gasteiger charge is -2.01. The summed E-state index contributed by atoms with van der Waals surface area (Å²) >= 11 is 0. The molecule has 0 amide bonds. The summed E-state index contributed by atoms with van der Waals surface area (Å²) in [5.41, 5.74) is 4.25. The second-order valence-corrected chi connectivity index (χ2v) is 6.60. The molecule has 0 saturated heterocycles. The van der Waals surface area contributed by atoms with E-state index in [4.69, 9.17) is 18.3 Å². The third-order valence-corrected chi connectivity index (χ3v) is 4.31. The average Bonchev–Trinajstić information content (AvgIpc) is 3.39. The first-order valence-electron chi connectivity index (χ1n) is 9.25. The quantitative estimate of drug-likeness (QED) is 0.362. The predicted octanol–water partition coefficient (Wildman–Crippen LogP) is 5.97. The van der Waals surface area contributed by atoms with E-state index >= 15 is 0 Å². The Morgan fingerprint density at radius 3 is 1.32 bits per heavy atom. The summed E-state index contributed by atoms with van der Waals surface area (Å²) in [6.45, 7) is 2.13. The van der Waals surface area contributed by atoms with Crippen LogP contribution in [0.3, 0.4) is 0 Å². The summed E-state index contributed by atoms with van der Waals surface area (Å²) in [6.07, 6.45) is 3.41. The van der Waals surface area contributed by atoms with Crippen molar-refractivity contribution in [3.05, 3.63) is 108 Å². The first-order chi connectivity index (χ1) is 13.9. The van der Waals surface area contributed by atoms with E-state index in [2.05, 4.69) is 0 Å². The van der Waals surface area contributed by atoms with Gasteiger partial charge in [-0.05, 0) is 23.3 Å². The molecule has 4 heteroatoms. The Balaban J connectivity index is 1.27. The van der Waals surface area contributed by atoms with Crippen LogP contribution < -0.4 is 0 Å². The molecule has 2 aromatic carbocycles. The second-order valence-electron chi connectivity index (χ2n) is 6.60. The average molecular weight is 374 g/mol. The Morgan fingerprint density at radius 1 is 0.500 bits per heavy atom. The molecule has 2 aromatic heterocycles. The second kappa shape index (κ2) is 9.22. The molecule has 0 aliphatic heterocycles. The highest BCUT2D eigenvalue weighted by molar-refractivity contribution is 5.52. The standard InChI is InChI=1S/C24H22O4/c1-3-7-19(8-4-1)13-25-15-21-11-23(27-17-21)24-12-22(18-28-24)16-26-14-20-9-5-2-6-10-20/h1-12,17-18H,13-16H2. The molecule has 0 aliphatic carbocycles. The van der Waals surface area contributed by atoms with Gasteiger partial charge in [0.05, 0.1) is 39.0 Å². The van der Waals surface area contributed by atoms with Crippen LogP contribution in [0.15, 0.2) is 94.2 Å². The molecule has 142 valence electrons. The van der Waals surface area contributed by atoms with Gasteiger partial charge in [0.2, 0.25) is 0 Å². The van der Waals surface area contributed by atoms with Crippen LogP contribution in [-0.4, -0.2) is 0 Å². The van der Waals surface area contributed by atoms with E-state index in [1.165, 1.54) is 0 Å². The summed E-state index contributed by atoms with van der Waals surface area (Å²) in [5, 5.41) is 0. The summed E-state index contributed by atoms with van der Waals surface area (Å²) < 4.78 is 22.7. The highest BCUT2D eigenvalue weighted by Crippen LogP contribution is 2.25. The van der Waals surface area contributed by atoms with Gasteiger partial charge in [-0.2, -0.15) is 0 Å². The van der Waals surface area contributed by atoms with E-state index in [-0.39, 0.29) is 0 Å². The molecule has 2 heterocycles. The van der Waals surface area contributed by atoms with Crippen LogP contribution in [0.1, 0.15) is 22.3 Å². The summed E-state index contributed by atoms with van der Waals surface area (Å²) in [7, 11) is 0. The van der Waals surface area contributed by atoms with Crippen LogP contribution in [0.4, 0.5) is 0 Å². The van der Waals surface area contributed by atoms with Crippen LogP contribution in [-0.2, 0) is 35.9 Å². The van der Waals surface area contributed by atoms with Crippen LogP contribution in [0.2, 0.25) is 0 Å². The highest BCUT2D eigenvalue weighted by Gasteiger charge is 2.10. The molecule has 0 unspecified atom stereocenters. The fourth-order valence-corrected chi connectivity index (χ4v) is 2.88. The maximum Gasteiger partial charge on any atom is 0.169 e. The van der Waals surface area contributed by atoms with Gasteiger partial charge in [-0.15, -0.1) is 0 Å². The van der Waals surface area contributed by atoms with Gasteiger partial charge in [0.25, 0.3) is 0 Å². The van der Waals surface area contributed by atoms with Gasteiger partial charge in [0, 0.05) is 11.1 Å². The minimum absolute atomic E-state index is 0.492. The van der Waals surface area contributed by atoms with Crippen molar-refractivity contribution in [1.82, 2.24) is 0 Å². The molecular weight excluding hydrogens is 352 g/mol. The fourth-order valence-electron chi connectivity index (χ4n) is 2.88. The third-order valence-electron chi connectivity index (χ3n) is 4.31. The van der Waals surface area contributed by atoms with E-state index in [1.54, 1.807) is 12.5 Å². The van der Waals surface area contributed by atoms with Gasteiger partial charge in [0.1, 0.15) is 0 Å². The van der Waals surface area contributed by atoms with Crippen molar-refractivity contribution in [3.63, 3.8) is 0 Å². The highest BCUT2D eigenvalue weighted by atomic mass is 16.5. The van der Waals surface area contributed by atoms with Crippen molar-refractivity contribution in [1.29, 1.82) is 0 Å². The van der Waals surface area contributed by atoms with Crippen LogP contribution in [0.25, 0.3) is 11.5 Å². The van der Waals surface area contributed by atoms with Crippen molar-refractivity contribution in [2.45, 2.75) is 26.4 Å². The molecule has 0 fully saturated rings. The Bertz CT molecular complexity index is 888. The molecule has 28 heavy (non-hydrogen) atoms. The molecule has 0 saturated carbocycles. The van der Waals surface area contributed by atoms with Crippen LogP contribution >= 0.6 is 0 Å². The molecule has 0 bridgehead atoms. The van der Waals surface area contributed by atoms with Crippen LogP contribution in [0.5, 0.6) is 0 Å². The van der Waals surface area contributed by atoms with E-state index < -0.39 is 0 Å². The minimum Gasteiger partial charge on any atom is -0.461 e. The largest absolute Gasteiger partial charge is 0.461 e. The van der Waals surface area contributed by atoms with Gasteiger partial charge in [-0.3, -0.25) is 0 Å². The maximum absolute atomic E-state index is 5.74.